The molecule has 1 amide bonds. The zero-order valence-electron chi connectivity index (χ0n) is 8.85. The van der Waals surface area contributed by atoms with Crippen molar-refractivity contribution in [3.05, 3.63) is 29.3 Å². The topological polar surface area (TPSA) is 107 Å². The molecule has 0 bridgehead atoms. The van der Waals surface area contributed by atoms with Crippen molar-refractivity contribution in [2.45, 2.75) is 0 Å². The molecule has 0 heterocycles. The fraction of sp³-hybridized carbons (Fsp3) is 0.111. The summed E-state index contributed by atoms with van der Waals surface area (Å²) in [6.07, 6.45) is 0. The number of carboxylic acids is 1. The van der Waals surface area contributed by atoms with E-state index in [2.05, 4.69) is 0 Å². The molecule has 0 aromatic heterocycles. The summed E-state index contributed by atoms with van der Waals surface area (Å²) in [6, 6.07) is 1.16. The molecule has 0 unspecified atom stereocenters. The maximum Gasteiger partial charge on any atom is 0.494 e. The van der Waals surface area contributed by atoms with Crippen LogP contribution < -0.4 is 10.8 Å². The van der Waals surface area contributed by atoms with Crippen LogP contribution in [0.1, 0.15) is 10.4 Å². The quantitative estimate of drug-likeness (QED) is 0.490. The highest BCUT2D eigenvalue weighted by molar-refractivity contribution is 6.58. The average Bonchev–Trinajstić information content (AvgIpc) is 2.24. The van der Waals surface area contributed by atoms with Crippen LogP contribution >= 0.6 is 0 Å². The lowest BCUT2D eigenvalue weighted by Crippen LogP contribution is -2.37. The Labute approximate surface area is 100 Å². The van der Waals surface area contributed by atoms with E-state index in [1.165, 1.54) is 0 Å². The number of nitrogens with one attached hydrogen (secondary N) is 1. The molecule has 0 aliphatic rings. The van der Waals surface area contributed by atoms with Gasteiger partial charge >= 0.3 is 13.1 Å². The first-order chi connectivity index (χ1) is 8.32. The number of hydrogen-bond donors (Lipinski definition) is 4. The molecule has 0 saturated carbocycles. The molecule has 0 aliphatic carbocycles. The Kier molecular flexibility index (Phi) is 4.35. The second-order valence-electron chi connectivity index (χ2n) is 3.30. The molecule has 0 aliphatic heterocycles. The lowest BCUT2D eigenvalue weighted by Gasteiger charge is -2.07. The maximum atomic E-state index is 13.3. The number of hydrogen-bond acceptors (Lipinski definition) is 4. The molecule has 1 aromatic carbocycles. The molecule has 0 fully saturated rings. The molecular formula is C9H8BF2NO5. The van der Waals surface area contributed by atoms with E-state index < -0.39 is 48.2 Å². The summed E-state index contributed by atoms with van der Waals surface area (Å²) in [5.41, 5.74) is -1.44. The first-order valence-electron chi connectivity index (χ1n) is 4.68. The van der Waals surface area contributed by atoms with Gasteiger partial charge in [0.1, 0.15) is 18.2 Å². The van der Waals surface area contributed by atoms with Gasteiger partial charge in [-0.2, -0.15) is 0 Å². The number of carboxylic acid groups (broad SMARTS) is 1. The summed E-state index contributed by atoms with van der Waals surface area (Å²) in [7, 11) is -2.35. The van der Waals surface area contributed by atoms with E-state index in [1.807, 2.05) is 5.32 Å². The van der Waals surface area contributed by atoms with E-state index in [1.54, 1.807) is 0 Å². The summed E-state index contributed by atoms with van der Waals surface area (Å²) in [6.45, 7) is -0.702. The molecular weight excluding hydrogens is 251 g/mol. The molecule has 6 nitrogen and oxygen atoms in total. The Morgan fingerprint density at radius 1 is 1.22 bits per heavy atom. The highest BCUT2D eigenvalue weighted by Crippen LogP contribution is 2.06. The molecule has 0 spiro atoms. The Balaban J connectivity index is 2.99. The zero-order valence-corrected chi connectivity index (χ0v) is 8.85. The van der Waals surface area contributed by atoms with Gasteiger partial charge in [0.15, 0.2) is 0 Å². The molecule has 1 aromatic rings. The molecule has 96 valence electrons. The molecule has 9 heteroatoms. The summed E-state index contributed by atoms with van der Waals surface area (Å²) >= 11 is 0. The van der Waals surface area contributed by atoms with Crippen molar-refractivity contribution in [1.82, 2.24) is 5.32 Å². The second kappa shape index (κ2) is 5.56. The van der Waals surface area contributed by atoms with E-state index in [-0.39, 0.29) is 0 Å². The zero-order chi connectivity index (χ0) is 13.9. The van der Waals surface area contributed by atoms with Gasteiger partial charge in [-0.05, 0) is 12.1 Å². The van der Waals surface area contributed by atoms with Crippen LogP contribution in [-0.2, 0) is 4.79 Å². The lowest BCUT2D eigenvalue weighted by molar-refractivity contribution is -0.135. The van der Waals surface area contributed by atoms with E-state index in [4.69, 9.17) is 15.2 Å². The monoisotopic (exact) mass is 259 g/mol. The van der Waals surface area contributed by atoms with Crippen molar-refractivity contribution in [2.24, 2.45) is 0 Å². The molecule has 18 heavy (non-hydrogen) atoms. The normalized spacial score (nSPS) is 10.0. The van der Waals surface area contributed by atoms with Crippen molar-refractivity contribution in [2.75, 3.05) is 6.54 Å². The van der Waals surface area contributed by atoms with Crippen LogP contribution in [0.25, 0.3) is 0 Å². The van der Waals surface area contributed by atoms with Crippen molar-refractivity contribution in [3.63, 3.8) is 0 Å². The molecule has 1 rings (SSSR count). The fourth-order valence-electron chi connectivity index (χ4n) is 1.22. The van der Waals surface area contributed by atoms with Gasteiger partial charge in [0.25, 0.3) is 5.91 Å². The number of amides is 1. The molecule has 4 N–H and O–H groups in total. The SMILES string of the molecule is O=C(O)CNC(=O)c1cc(F)c(B(O)O)c(F)c1. The van der Waals surface area contributed by atoms with Gasteiger partial charge < -0.3 is 20.5 Å². The standard InChI is InChI=1S/C9H8BF2NO5/c11-5-1-4(9(16)13-3-7(14)15)2-6(12)8(5)10(17)18/h1-2,17-18H,3H2,(H,13,16)(H,14,15). The van der Waals surface area contributed by atoms with E-state index in [0.29, 0.717) is 12.1 Å². The van der Waals surface area contributed by atoms with Gasteiger partial charge in [0, 0.05) is 5.56 Å². The van der Waals surface area contributed by atoms with Crippen LogP contribution in [0, 0.1) is 11.6 Å². The number of rotatable bonds is 4. The van der Waals surface area contributed by atoms with Crippen LogP contribution in [0.4, 0.5) is 8.78 Å². The Bertz CT molecular complexity index is 471. The third-order valence-corrected chi connectivity index (χ3v) is 2.00. The number of benzene rings is 1. The minimum Gasteiger partial charge on any atom is -0.480 e. The van der Waals surface area contributed by atoms with Gasteiger partial charge in [0.05, 0.1) is 5.46 Å². The predicted octanol–water partition coefficient (Wildman–Crippen LogP) is -1.54. The van der Waals surface area contributed by atoms with E-state index in [0.717, 1.165) is 0 Å². The summed E-state index contributed by atoms with van der Waals surface area (Å²) in [4.78, 5) is 21.5. The van der Waals surface area contributed by atoms with Crippen LogP contribution in [0.3, 0.4) is 0 Å². The number of halogens is 2. The van der Waals surface area contributed by atoms with Crippen molar-refractivity contribution < 1.29 is 33.5 Å². The summed E-state index contributed by atoms with van der Waals surface area (Å²) in [5.74, 6) is -4.93. The number of aliphatic carboxylic acids is 1. The largest absolute Gasteiger partial charge is 0.494 e. The van der Waals surface area contributed by atoms with Gasteiger partial charge in [-0.25, -0.2) is 8.78 Å². The number of carbonyl (C=O) groups is 2. The predicted molar refractivity (Wildman–Crippen MR) is 56.2 cm³/mol. The van der Waals surface area contributed by atoms with Crippen LogP contribution in [-0.4, -0.2) is 40.7 Å². The van der Waals surface area contributed by atoms with Crippen LogP contribution in [0.2, 0.25) is 0 Å². The fourth-order valence-corrected chi connectivity index (χ4v) is 1.22. The number of carbonyl (C=O) groups excluding carboxylic acids is 1. The van der Waals surface area contributed by atoms with Crippen molar-refractivity contribution in [3.8, 4) is 0 Å². The first kappa shape index (κ1) is 14.1. The lowest BCUT2D eigenvalue weighted by atomic mass is 9.79. The van der Waals surface area contributed by atoms with Crippen molar-refractivity contribution >= 4 is 24.5 Å². The molecule has 0 radical (unpaired) electrons. The van der Waals surface area contributed by atoms with Crippen LogP contribution in [0.5, 0.6) is 0 Å². The maximum absolute atomic E-state index is 13.3. The van der Waals surface area contributed by atoms with Gasteiger partial charge in [-0.1, -0.05) is 0 Å². The Morgan fingerprint density at radius 2 is 1.72 bits per heavy atom. The third kappa shape index (κ3) is 3.25. The highest BCUT2D eigenvalue weighted by atomic mass is 19.1. The van der Waals surface area contributed by atoms with E-state index in [9.17, 15) is 18.4 Å². The summed E-state index contributed by atoms with van der Waals surface area (Å²) < 4.78 is 26.5. The van der Waals surface area contributed by atoms with Gasteiger partial charge in [-0.3, -0.25) is 9.59 Å². The third-order valence-electron chi connectivity index (χ3n) is 2.00. The molecule has 0 saturated heterocycles. The minimum atomic E-state index is -2.35. The smallest absolute Gasteiger partial charge is 0.480 e. The minimum absolute atomic E-state index is 0.462. The van der Waals surface area contributed by atoms with E-state index >= 15 is 0 Å². The second-order valence-corrected chi connectivity index (χ2v) is 3.30. The first-order valence-corrected chi connectivity index (χ1v) is 4.68. The van der Waals surface area contributed by atoms with Gasteiger partial charge in [0.2, 0.25) is 0 Å². The van der Waals surface area contributed by atoms with Crippen molar-refractivity contribution in [1.29, 1.82) is 0 Å². The average molecular weight is 259 g/mol. The molecule has 0 atom stereocenters. The van der Waals surface area contributed by atoms with Gasteiger partial charge in [-0.15, -0.1) is 0 Å². The summed E-state index contributed by atoms with van der Waals surface area (Å²) in [5, 5.41) is 27.6. The Morgan fingerprint density at radius 3 is 2.11 bits per heavy atom. The highest BCUT2D eigenvalue weighted by Gasteiger charge is 2.23. The Hall–Kier alpha value is -2.00. The van der Waals surface area contributed by atoms with Crippen LogP contribution in [0.15, 0.2) is 12.1 Å².